The van der Waals surface area contributed by atoms with E-state index in [-0.39, 0.29) is 24.3 Å². The Labute approximate surface area is 205 Å². The molecule has 0 bridgehead atoms. The minimum atomic E-state index is -0.552. The predicted molar refractivity (Wildman–Crippen MR) is 136 cm³/mol. The fourth-order valence-electron chi connectivity index (χ4n) is 6.22. The van der Waals surface area contributed by atoms with Crippen molar-refractivity contribution in [1.82, 2.24) is 0 Å². The molecule has 3 nitrogen and oxygen atoms in total. The summed E-state index contributed by atoms with van der Waals surface area (Å²) in [5.74, 6) is 1.74. The van der Waals surface area contributed by atoms with E-state index in [4.69, 9.17) is 4.74 Å². The second kappa shape index (κ2) is 11.0. The van der Waals surface area contributed by atoms with E-state index in [9.17, 15) is 9.59 Å². The van der Waals surface area contributed by atoms with Gasteiger partial charge in [0.15, 0.2) is 0 Å². The number of fused-ring (bicyclic) bond motifs is 1. The molecule has 0 aromatic rings. The zero-order chi connectivity index (χ0) is 24.3. The van der Waals surface area contributed by atoms with Crippen molar-refractivity contribution in [2.24, 2.45) is 40.4 Å². The second-order valence-corrected chi connectivity index (χ2v) is 12.6. The van der Waals surface area contributed by atoms with Gasteiger partial charge in [-0.3, -0.25) is 9.59 Å². The van der Waals surface area contributed by atoms with Crippen LogP contribution in [-0.4, -0.2) is 18.4 Å². The molecule has 2 aliphatic rings. The van der Waals surface area contributed by atoms with Crippen molar-refractivity contribution in [3.63, 3.8) is 0 Å². The molecule has 4 heteroatoms. The first kappa shape index (κ1) is 27.3. The number of rotatable bonds is 9. The van der Waals surface area contributed by atoms with E-state index in [0.29, 0.717) is 35.5 Å². The first-order valence-corrected chi connectivity index (χ1v) is 13.4. The number of hydrogen-bond acceptors (Lipinski definition) is 3. The highest BCUT2D eigenvalue weighted by atomic mass is 79.9. The quantitative estimate of drug-likeness (QED) is 0.235. The molecular weight excluding hydrogens is 464 g/mol. The molecule has 0 N–H and O–H groups in total. The van der Waals surface area contributed by atoms with Crippen LogP contribution in [0.3, 0.4) is 0 Å². The molecule has 32 heavy (non-hydrogen) atoms. The molecule has 0 amide bonds. The Morgan fingerprint density at radius 2 is 1.91 bits per heavy atom. The van der Waals surface area contributed by atoms with E-state index in [1.807, 2.05) is 20.8 Å². The minimum Gasteiger partial charge on any atom is -0.461 e. The third-order valence-corrected chi connectivity index (χ3v) is 8.57. The van der Waals surface area contributed by atoms with E-state index < -0.39 is 5.41 Å². The summed E-state index contributed by atoms with van der Waals surface area (Å²) in [6.07, 6.45) is 7.50. The first-order chi connectivity index (χ1) is 14.8. The van der Waals surface area contributed by atoms with E-state index in [0.717, 1.165) is 12.0 Å². The minimum absolute atomic E-state index is 0.135. The molecule has 0 aliphatic heterocycles. The average molecular weight is 510 g/mol. The Balaban J connectivity index is 2.07. The van der Waals surface area contributed by atoms with Crippen molar-refractivity contribution in [2.75, 3.05) is 6.61 Å². The lowest BCUT2D eigenvalue weighted by Gasteiger charge is -2.44. The van der Waals surface area contributed by atoms with Gasteiger partial charge in [-0.1, -0.05) is 55.8 Å². The summed E-state index contributed by atoms with van der Waals surface area (Å²) < 4.78 is 5.50. The van der Waals surface area contributed by atoms with Gasteiger partial charge in [-0.05, 0) is 98.9 Å². The molecule has 2 fully saturated rings. The van der Waals surface area contributed by atoms with Crippen molar-refractivity contribution in [2.45, 2.75) is 93.4 Å². The van der Waals surface area contributed by atoms with Crippen LogP contribution >= 0.6 is 15.9 Å². The van der Waals surface area contributed by atoms with Crippen LogP contribution in [0, 0.1) is 40.4 Å². The topological polar surface area (TPSA) is 43.4 Å². The summed E-state index contributed by atoms with van der Waals surface area (Å²) in [4.78, 5) is 27.9. The van der Waals surface area contributed by atoms with Crippen molar-refractivity contribution in [3.05, 3.63) is 22.7 Å². The Kier molecular flexibility index (Phi) is 9.41. The maximum Gasteiger partial charge on any atom is 0.311 e. The number of ketones is 1. The Morgan fingerprint density at radius 1 is 1.25 bits per heavy atom. The summed E-state index contributed by atoms with van der Waals surface area (Å²) >= 11 is 3.60. The van der Waals surface area contributed by atoms with Crippen molar-refractivity contribution in [3.8, 4) is 0 Å². The van der Waals surface area contributed by atoms with Crippen LogP contribution < -0.4 is 0 Å². The van der Waals surface area contributed by atoms with Crippen LogP contribution in [-0.2, 0) is 14.3 Å². The number of ether oxygens (including phenoxy) is 1. The molecule has 0 heterocycles. The van der Waals surface area contributed by atoms with Crippen LogP contribution in [0.5, 0.6) is 0 Å². The fraction of sp³-hybridized carbons (Fsp3) is 0.786. The van der Waals surface area contributed by atoms with E-state index >= 15 is 0 Å². The van der Waals surface area contributed by atoms with Gasteiger partial charge in [0.1, 0.15) is 12.4 Å². The lowest BCUT2D eigenvalue weighted by atomic mass is 9.61. The van der Waals surface area contributed by atoms with Gasteiger partial charge in [-0.2, -0.15) is 0 Å². The molecule has 0 aromatic heterocycles. The van der Waals surface area contributed by atoms with Crippen LogP contribution in [0.25, 0.3) is 0 Å². The maximum absolute atomic E-state index is 13.5. The molecular formula is C28H45BrO3. The summed E-state index contributed by atoms with van der Waals surface area (Å²) in [7, 11) is 0. The highest BCUT2D eigenvalue weighted by Gasteiger charge is 2.51. The highest BCUT2D eigenvalue weighted by Crippen LogP contribution is 2.60. The average Bonchev–Trinajstić information content (AvgIpc) is 3.05. The van der Waals surface area contributed by atoms with Gasteiger partial charge in [-0.15, -0.1) is 0 Å². The molecule has 2 rings (SSSR count). The normalized spacial score (nSPS) is 29.0. The van der Waals surface area contributed by atoms with Gasteiger partial charge in [0.25, 0.3) is 0 Å². The van der Waals surface area contributed by atoms with Gasteiger partial charge in [0.2, 0.25) is 0 Å². The summed E-state index contributed by atoms with van der Waals surface area (Å²) in [6, 6.07) is 0. The third-order valence-electron chi connectivity index (χ3n) is 7.98. The smallest absolute Gasteiger partial charge is 0.311 e. The maximum atomic E-state index is 13.5. The zero-order valence-corrected chi connectivity index (χ0v) is 23.0. The molecule has 2 saturated carbocycles. The zero-order valence-electron chi connectivity index (χ0n) is 21.4. The van der Waals surface area contributed by atoms with Gasteiger partial charge >= 0.3 is 5.97 Å². The standard InChI is InChI=1S/C28H45BrO3/c1-18(2)14-22(20(4)17-32-26(31)27(5,6)7)25(30)15-19(3)23-11-12-24-21(16-29)10-9-13-28(23,24)8/h16,18-19,22-24H,4,9-15,17H2,1-3,5-8H3/b21-16+/t19-,22+,23-,24+,28-/m1/s1. The van der Waals surface area contributed by atoms with Crippen LogP contribution in [0.15, 0.2) is 22.7 Å². The lowest BCUT2D eigenvalue weighted by Crippen LogP contribution is -2.37. The Bertz CT molecular complexity index is 729. The summed E-state index contributed by atoms with van der Waals surface area (Å²) in [5, 5.41) is 0. The fourth-order valence-corrected chi connectivity index (χ4v) is 6.77. The van der Waals surface area contributed by atoms with Crippen molar-refractivity contribution >= 4 is 27.7 Å². The summed E-state index contributed by atoms with van der Waals surface area (Å²) in [5.41, 5.74) is 2.05. The molecule has 182 valence electrons. The van der Waals surface area contributed by atoms with E-state index in [1.54, 1.807) is 5.57 Å². The number of hydrogen-bond donors (Lipinski definition) is 0. The lowest BCUT2D eigenvalue weighted by molar-refractivity contribution is -0.152. The van der Waals surface area contributed by atoms with Crippen molar-refractivity contribution in [1.29, 1.82) is 0 Å². The summed E-state index contributed by atoms with van der Waals surface area (Å²) in [6.45, 7) is 18.8. The second-order valence-electron chi connectivity index (χ2n) is 12.1. The van der Waals surface area contributed by atoms with Crippen LogP contribution in [0.4, 0.5) is 0 Å². The number of halogens is 1. The number of esters is 1. The van der Waals surface area contributed by atoms with Crippen LogP contribution in [0.2, 0.25) is 0 Å². The molecule has 0 spiro atoms. The van der Waals surface area contributed by atoms with Gasteiger partial charge in [-0.25, -0.2) is 0 Å². The third kappa shape index (κ3) is 6.36. The number of carbonyl (C=O) groups is 2. The number of allylic oxidation sites excluding steroid dienone is 1. The SMILES string of the molecule is C=C(COC(=O)C(C)(C)C)[C@H](CC(C)C)C(=O)C[C@@H](C)[C@H]1CC[C@H]2/C(=C/Br)CCC[C@]12C. The largest absolute Gasteiger partial charge is 0.461 e. The number of carbonyl (C=O) groups excluding carboxylic acids is 2. The monoisotopic (exact) mass is 508 g/mol. The highest BCUT2D eigenvalue weighted by molar-refractivity contribution is 9.11. The van der Waals surface area contributed by atoms with Gasteiger partial charge < -0.3 is 4.74 Å². The van der Waals surface area contributed by atoms with Crippen molar-refractivity contribution < 1.29 is 14.3 Å². The van der Waals surface area contributed by atoms with Crippen LogP contribution in [0.1, 0.15) is 93.4 Å². The van der Waals surface area contributed by atoms with E-state index in [2.05, 4.69) is 55.2 Å². The molecule has 0 aromatic carbocycles. The molecule has 0 unspecified atom stereocenters. The van der Waals surface area contributed by atoms with E-state index in [1.165, 1.54) is 32.1 Å². The predicted octanol–water partition coefficient (Wildman–Crippen LogP) is 7.88. The van der Waals surface area contributed by atoms with Gasteiger partial charge in [0, 0.05) is 12.3 Å². The molecule has 0 radical (unpaired) electrons. The molecule has 2 aliphatic carbocycles. The first-order valence-electron chi connectivity index (χ1n) is 12.5. The molecule has 5 atom stereocenters. The van der Waals surface area contributed by atoms with Gasteiger partial charge in [0.05, 0.1) is 5.41 Å². The number of Topliss-reactive ketones (excluding diaryl/α,β-unsaturated/α-hetero) is 1. The Morgan fingerprint density at radius 3 is 2.47 bits per heavy atom. The Hall–Kier alpha value is -0.900. The molecule has 0 saturated heterocycles.